The van der Waals surface area contributed by atoms with Crippen LogP contribution in [0.25, 0.3) is 10.9 Å². The fraction of sp³-hybridized carbons (Fsp3) is 0.308. The second-order valence-electron chi connectivity index (χ2n) is 4.31. The van der Waals surface area contributed by atoms with Gasteiger partial charge in [-0.05, 0) is 36.9 Å². The van der Waals surface area contributed by atoms with Crippen molar-refractivity contribution < 1.29 is 0 Å². The van der Waals surface area contributed by atoms with Crippen LogP contribution in [0.2, 0.25) is 0 Å². The molecule has 0 aliphatic heterocycles. The lowest BCUT2D eigenvalue weighted by Crippen LogP contribution is -2.25. The molecule has 1 heterocycles. The third-order valence-corrected chi connectivity index (χ3v) is 2.90. The molecule has 1 aromatic carbocycles. The van der Waals surface area contributed by atoms with Gasteiger partial charge in [0.05, 0.1) is 5.52 Å². The second kappa shape index (κ2) is 3.76. The highest BCUT2D eigenvalue weighted by molar-refractivity contribution is 5.80. The van der Waals surface area contributed by atoms with Crippen molar-refractivity contribution in [1.29, 1.82) is 0 Å². The molecular weight excluding hydrogens is 200 g/mol. The molecule has 0 fully saturated rings. The fourth-order valence-corrected chi connectivity index (χ4v) is 1.92. The number of nitrogens with two attached hydrogens (primary N) is 1. The molecular formula is C13H16N2O. The molecule has 0 saturated heterocycles. The first-order valence-corrected chi connectivity index (χ1v) is 5.36. The lowest BCUT2D eigenvalue weighted by molar-refractivity contribution is 0.772. The van der Waals surface area contributed by atoms with E-state index in [2.05, 4.69) is 0 Å². The van der Waals surface area contributed by atoms with Crippen LogP contribution in [0, 0.1) is 6.92 Å². The van der Waals surface area contributed by atoms with Crippen LogP contribution in [0.3, 0.4) is 0 Å². The normalized spacial score (nSPS) is 13.0. The zero-order valence-corrected chi connectivity index (χ0v) is 9.82. The summed E-state index contributed by atoms with van der Waals surface area (Å²) in [6.07, 6.45) is 0. The van der Waals surface area contributed by atoms with Crippen LogP contribution < -0.4 is 11.3 Å². The molecule has 0 bridgehead atoms. The Hall–Kier alpha value is -1.61. The van der Waals surface area contributed by atoms with Gasteiger partial charge in [0.25, 0.3) is 5.56 Å². The molecule has 0 aliphatic carbocycles. The first-order chi connectivity index (χ1) is 7.50. The monoisotopic (exact) mass is 216 g/mol. The quantitative estimate of drug-likeness (QED) is 0.791. The lowest BCUT2D eigenvalue weighted by Gasteiger charge is -2.11. The predicted molar refractivity (Wildman–Crippen MR) is 66.5 cm³/mol. The third kappa shape index (κ3) is 1.63. The smallest absolute Gasteiger partial charge is 0.255 e. The topological polar surface area (TPSA) is 48.0 Å². The summed E-state index contributed by atoms with van der Waals surface area (Å²) in [6.45, 7) is 3.85. The van der Waals surface area contributed by atoms with Crippen molar-refractivity contribution in [1.82, 2.24) is 4.57 Å². The van der Waals surface area contributed by atoms with Gasteiger partial charge in [-0.2, -0.15) is 0 Å². The Balaban J connectivity index is 2.88. The van der Waals surface area contributed by atoms with Crippen molar-refractivity contribution in [3.05, 3.63) is 45.7 Å². The van der Waals surface area contributed by atoms with E-state index in [-0.39, 0.29) is 11.6 Å². The van der Waals surface area contributed by atoms with Crippen molar-refractivity contribution in [3.63, 3.8) is 0 Å². The second-order valence-corrected chi connectivity index (χ2v) is 4.31. The summed E-state index contributed by atoms with van der Waals surface area (Å²) in [5.74, 6) is 0. The van der Waals surface area contributed by atoms with Crippen molar-refractivity contribution >= 4 is 10.9 Å². The van der Waals surface area contributed by atoms with Crippen LogP contribution in [-0.2, 0) is 7.05 Å². The van der Waals surface area contributed by atoms with E-state index in [1.165, 1.54) is 0 Å². The highest BCUT2D eigenvalue weighted by atomic mass is 16.1. The minimum atomic E-state index is -0.232. The SMILES string of the molecule is Cc1ccc2cc(C(C)N)c(=O)n(C)c2c1. The third-order valence-electron chi connectivity index (χ3n) is 2.90. The molecule has 3 nitrogen and oxygen atoms in total. The Bertz CT molecular complexity index is 597. The first-order valence-electron chi connectivity index (χ1n) is 5.36. The van der Waals surface area contributed by atoms with E-state index in [9.17, 15) is 4.79 Å². The zero-order chi connectivity index (χ0) is 11.9. The average Bonchev–Trinajstić information content (AvgIpc) is 2.23. The Kier molecular flexibility index (Phi) is 2.56. The van der Waals surface area contributed by atoms with Crippen LogP contribution in [0.1, 0.15) is 24.1 Å². The Morgan fingerprint density at radius 3 is 2.62 bits per heavy atom. The molecule has 1 unspecified atom stereocenters. The van der Waals surface area contributed by atoms with E-state index in [1.54, 1.807) is 11.6 Å². The maximum Gasteiger partial charge on any atom is 0.255 e. The molecule has 1 atom stereocenters. The molecule has 0 aliphatic rings. The average molecular weight is 216 g/mol. The van der Waals surface area contributed by atoms with Gasteiger partial charge < -0.3 is 10.3 Å². The van der Waals surface area contributed by atoms with Gasteiger partial charge in [0.1, 0.15) is 0 Å². The summed E-state index contributed by atoms with van der Waals surface area (Å²) in [5, 5.41) is 1.06. The molecule has 0 amide bonds. The molecule has 16 heavy (non-hydrogen) atoms. The van der Waals surface area contributed by atoms with E-state index >= 15 is 0 Å². The molecule has 3 heteroatoms. The van der Waals surface area contributed by atoms with Gasteiger partial charge >= 0.3 is 0 Å². The molecule has 0 saturated carbocycles. The summed E-state index contributed by atoms with van der Waals surface area (Å²) in [5.41, 5.74) is 8.55. The Labute approximate surface area is 94.5 Å². The minimum Gasteiger partial charge on any atom is -0.324 e. The van der Waals surface area contributed by atoms with Crippen molar-refractivity contribution in [3.8, 4) is 0 Å². The van der Waals surface area contributed by atoms with Gasteiger partial charge in [-0.25, -0.2) is 0 Å². The molecule has 2 rings (SSSR count). The molecule has 0 spiro atoms. The highest BCUT2D eigenvalue weighted by Crippen LogP contribution is 2.16. The number of pyridine rings is 1. The van der Waals surface area contributed by atoms with Crippen LogP contribution in [0.4, 0.5) is 0 Å². The van der Waals surface area contributed by atoms with Crippen molar-refractivity contribution in [2.24, 2.45) is 12.8 Å². The minimum absolute atomic E-state index is 0.00639. The standard InChI is InChI=1S/C13H16N2O/c1-8-4-5-10-7-11(9(2)14)13(16)15(3)12(10)6-8/h4-7,9H,14H2,1-3H3. The summed E-state index contributed by atoms with van der Waals surface area (Å²) in [6, 6.07) is 7.74. The Morgan fingerprint density at radius 2 is 2.00 bits per heavy atom. The molecule has 0 radical (unpaired) electrons. The summed E-state index contributed by atoms with van der Waals surface area (Å²) < 4.78 is 1.67. The Morgan fingerprint density at radius 1 is 1.31 bits per heavy atom. The summed E-state index contributed by atoms with van der Waals surface area (Å²) in [4.78, 5) is 12.0. The maximum atomic E-state index is 12.0. The number of aryl methyl sites for hydroxylation is 2. The van der Waals surface area contributed by atoms with Crippen LogP contribution >= 0.6 is 0 Å². The van der Waals surface area contributed by atoms with Gasteiger partial charge in [0, 0.05) is 18.7 Å². The molecule has 1 aromatic heterocycles. The fourth-order valence-electron chi connectivity index (χ4n) is 1.92. The number of aromatic nitrogens is 1. The largest absolute Gasteiger partial charge is 0.324 e. The van der Waals surface area contributed by atoms with Crippen molar-refractivity contribution in [2.75, 3.05) is 0 Å². The molecule has 84 valence electrons. The number of fused-ring (bicyclic) bond motifs is 1. The molecule has 2 N–H and O–H groups in total. The predicted octanol–water partition coefficient (Wildman–Crippen LogP) is 1.87. The maximum absolute atomic E-state index is 12.0. The van der Waals surface area contributed by atoms with E-state index in [4.69, 9.17) is 5.73 Å². The first kappa shape index (κ1) is 10.9. The van der Waals surface area contributed by atoms with E-state index in [0.717, 1.165) is 16.5 Å². The van der Waals surface area contributed by atoms with E-state index in [1.807, 2.05) is 38.1 Å². The summed E-state index contributed by atoms with van der Waals surface area (Å²) in [7, 11) is 1.79. The van der Waals surface area contributed by atoms with Crippen LogP contribution in [0.5, 0.6) is 0 Å². The highest BCUT2D eigenvalue weighted by Gasteiger charge is 2.09. The van der Waals surface area contributed by atoms with E-state index in [0.29, 0.717) is 5.56 Å². The van der Waals surface area contributed by atoms with Gasteiger partial charge in [-0.3, -0.25) is 4.79 Å². The lowest BCUT2D eigenvalue weighted by atomic mass is 10.1. The van der Waals surface area contributed by atoms with Crippen LogP contribution in [-0.4, -0.2) is 4.57 Å². The van der Waals surface area contributed by atoms with Crippen molar-refractivity contribution in [2.45, 2.75) is 19.9 Å². The van der Waals surface area contributed by atoms with Gasteiger partial charge in [-0.15, -0.1) is 0 Å². The van der Waals surface area contributed by atoms with Gasteiger partial charge in [0.15, 0.2) is 0 Å². The van der Waals surface area contributed by atoms with Gasteiger partial charge in [-0.1, -0.05) is 12.1 Å². The number of nitrogens with zero attached hydrogens (tertiary/aromatic N) is 1. The van der Waals surface area contributed by atoms with E-state index < -0.39 is 0 Å². The number of hydrogen-bond acceptors (Lipinski definition) is 2. The number of hydrogen-bond donors (Lipinski definition) is 1. The molecule has 2 aromatic rings. The zero-order valence-electron chi connectivity index (χ0n) is 9.82. The number of benzene rings is 1. The summed E-state index contributed by atoms with van der Waals surface area (Å²) >= 11 is 0. The van der Waals surface area contributed by atoms with Crippen LogP contribution in [0.15, 0.2) is 29.1 Å². The van der Waals surface area contributed by atoms with Gasteiger partial charge in [0.2, 0.25) is 0 Å². The number of rotatable bonds is 1.